The van der Waals surface area contributed by atoms with Crippen molar-refractivity contribution in [1.82, 2.24) is 16.4 Å². The molecule has 2 unspecified atom stereocenters. The number of carbonyl (C=O) groups excluding carboxylic acids is 1. The quantitative estimate of drug-likeness (QED) is 0.584. The standard InChI is InChI=1S/C16H17ClFN5O/c1-9-12(17)6-3-7-13(9)20-16(24)14-15(22-23-21-14)19-11-5-2-4-10(18)8-11/h2-8,14-15,19,21-23H,1H3,(H,20,24). The maximum atomic E-state index is 13.3. The van der Waals surface area contributed by atoms with Gasteiger partial charge in [0, 0.05) is 16.4 Å². The Bertz CT molecular complexity index is 757. The lowest BCUT2D eigenvalue weighted by Gasteiger charge is -2.20. The van der Waals surface area contributed by atoms with E-state index in [-0.39, 0.29) is 11.7 Å². The fourth-order valence-corrected chi connectivity index (χ4v) is 2.59. The predicted molar refractivity (Wildman–Crippen MR) is 91.8 cm³/mol. The Labute approximate surface area is 143 Å². The number of rotatable bonds is 4. The van der Waals surface area contributed by atoms with Crippen LogP contribution in [0.15, 0.2) is 42.5 Å². The Kier molecular flexibility index (Phi) is 4.96. The highest BCUT2D eigenvalue weighted by atomic mass is 35.5. The van der Waals surface area contributed by atoms with E-state index in [0.717, 1.165) is 5.56 Å². The zero-order valence-electron chi connectivity index (χ0n) is 12.9. The van der Waals surface area contributed by atoms with Gasteiger partial charge in [0.1, 0.15) is 18.0 Å². The predicted octanol–water partition coefficient (Wildman–Crippen LogP) is 2.15. The molecule has 1 aliphatic rings. The van der Waals surface area contributed by atoms with Gasteiger partial charge in [-0.15, -0.1) is 0 Å². The Morgan fingerprint density at radius 2 is 2.00 bits per heavy atom. The fourth-order valence-electron chi connectivity index (χ4n) is 2.41. The molecule has 5 N–H and O–H groups in total. The third-order valence-corrected chi connectivity index (χ3v) is 4.15. The molecule has 1 heterocycles. The average molecular weight is 350 g/mol. The second-order valence-corrected chi connectivity index (χ2v) is 5.83. The summed E-state index contributed by atoms with van der Waals surface area (Å²) in [5.41, 5.74) is 10.4. The molecular weight excluding hydrogens is 333 g/mol. The first-order chi connectivity index (χ1) is 11.5. The van der Waals surface area contributed by atoms with Crippen LogP contribution < -0.4 is 27.0 Å². The Balaban J connectivity index is 1.70. The van der Waals surface area contributed by atoms with Crippen molar-refractivity contribution in [1.29, 1.82) is 0 Å². The number of nitrogens with one attached hydrogen (secondary N) is 5. The summed E-state index contributed by atoms with van der Waals surface area (Å²) in [6.45, 7) is 1.83. The van der Waals surface area contributed by atoms with E-state index in [4.69, 9.17) is 11.6 Å². The number of hydrazine groups is 2. The summed E-state index contributed by atoms with van der Waals surface area (Å²) in [6.07, 6.45) is -0.466. The molecular formula is C16H17ClFN5O. The second-order valence-electron chi connectivity index (χ2n) is 5.43. The molecule has 0 aromatic heterocycles. The zero-order chi connectivity index (χ0) is 17.1. The molecule has 6 nitrogen and oxygen atoms in total. The molecule has 2 aromatic carbocycles. The fraction of sp³-hybridized carbons (Fsp3) is 0.188. The minimum absolute atomic E-state index is 0.258. The number of anilines is 2. The topological polar surface area (TPSA) is 77.2 Å². The summed E-state index contributed by atoms with van der Waals surface area (Å²) in [6, 6.07) is 10.7. The molecule has 126 valence electrons. The van der Waals surface area contributed by atoms with E-state index < -0.39 is 12.2 Å². The van der Waals surface area contributed by atoms with Gasteiger partial charge in [0.15, 0.2) is 0 Å². The number of amides is 1. The van der Waals surface area contributed by atoms with E-state index in [1.54, 1.807) is 30.3 Å². The van der Waals surface area contributed by atoms with E-state index in [1.165, 1.54) is 12.1 Å². The zero-order valence-corrected chi connectivity index (χ0v) is 13.6. The van der Waals surface area contributed by atoms with E-state index in [1.807, 2.05) is 6.92 Å². The van der Waals surface area contributed by atoms with E-state index in [2.05, 4.69) is 27.0 Å². The summed E-state index contributed by atoms with van der Waals surface area (Å²) in [5.74, 6) is -0.610. The summed E-state index contributed by atoms with van der Waals surface area (Å²) in [5, 5.41) is 6.48. The van der Waals surface area contributed by atoms with Crippen molar-refractivity contribution < 1.29 is 9.18 Å². The van der Waals surface area contributed by atoms with E-state index in [0.29, 0.717) is 16.4 Å². The van der Waals surface area contributed by atoms with Crippen LogP contribution in [-0.2, 0) is 4.79 Å². The van der Waals surface area contributed by atoms with Gasteiger partial charge in [-0.2, -0.15) is 5.53 Å². The van der Waals surface area contributed by atoms with Gasteiger partial charge in [-0.25, -0.2) is 15.2 Å². The molecule has 1 amide bonds. The third-order valence-electron chi connectivity index (χ3n) is 3.74. The molecule has 3 rings (SSSR count). The average Bonchev–Trinajstić information content (AvgIpc) is 3.00. The van der Waals surface area contributed by atoms with Gasteiger partial charge in [-0.05, 0) is 42.8 Å². The van der Waals surface area contributed by atoms with Crippen LogP contribution in [0.25, 0.3) is 0 Å². The van der Waals surface area contributed by atoms with Crippen molar-refractivity contribution in [2.45, 2.75) is 19.1 Å². The summed E-state index contributed by atoms with van der Waals surface area (Å²) < 4.78 is 13.3. The molecule has 1 fully saturated rings. The van der Waals surface area contributed by atoms with Crippen molar-refractivity contribution in [3.8, 4) is 0 Å². The molecule has 24 heavy (non-hydrogen) atoms. The molecule has 0 aliphatic carbocycles. The Hall–Kier alpha value is -2.19. The molecule has 0 saturated carbocycles. The lowest BCUT2D eigenvalue weighted by molar-refractivity contribution is -0.118. The third kappa shape index (κ3) is 3.65. The number of carbonyl (C=O) groups is 1. The lowest BCUT2D eigenvalue weighted by atomic mass is 10.1. The number of hydrogen-bond acceptors (Lipinski definition) is 5. The normalized spacial score (nSPS) is 20.0. The summed E-state index contributed by atoms with van der Waals surface area (Å²) >= 11 is 6.07. The molecule has 1 saturated heterocycles. The van der Waals surface area contributed by atoms with Crippen molar-refractivity contribution >= 4 is 28.9 Å². The Morgan fingerprint density at radius 3 is 2.79 bits per heavy atom. The van der Waals surface area contributed by atoms with Crippen LogP contribution in [0.2, 0.25) is 5.02 Å². The molecule has 8 heteroatoms. The van der Waals surface area contributed by atoms with Crippen molar-refractivity contribution in [3.05, 3.63) is 58.9 Å². The van der Waals surface area contributed by atoms with Crippen molar-refractivity contribution in [2.24, 2.45) is 0 Å². The molecule has 0 radical (unpaired) electrons. The van der Waals surface area contributed by atoms with E-state index in [9.17, 15) is 9.18 Å². The maximum absolute atomic E-state index is 13.3. The van der Waals surface area contributed by atoms with Gasteiger partial charge in [-0.1, -0.05) is 23.7 Å². The van der Waals surface area contributed by atoms with Crippen LogP contribution >= 0.6 is 11.6 Å². The number of halogens is 2. The van der Waals surface area contributed by atoms with Gasteiger partial charge in [0.2, 0.25) is 5.91 Å². The molecule has 0 spiro atoms. The van der Waals surface area contributed by atoms with Crippen LogP contribution in [0, 0.1) is 12.7 Å². The minimum Gasteiger partial charge on any atom is -0.367 e. The highest BCUT2D eigenvalue weighted by molar-refractivity contribution is 6.31. The van der Waals surface area contributed by atoms with Crippen LogP contribution in [0.4, 0.5) is 15.8 Å². The minimum atomic E-state index is -0.619. The molecule has 2 atom stereocenters. The van der Waals surface area contributed by atoms with Crippen LogP contribution in [-0.4, -0.2) is 18.1 Å². The van der Waals surface area contributed by atoms with Crippen LogP contribution in [0.5, 0.6) is 0 Å². The van der Waals surface area contributed by atoms with Crippen LogP contribution in [0.3, 0.4) is 0 Å². The van der Waals surface area contributed by atoms with Gasteiger partial charge in [0.25, 0.3) is 0 Å². The largest absolute Gasteiger partial charge is 0.367 e. The SMILES string of the molecule is Cc1c(Cl)cccc1NC(=O)C1NNNC1Nc1cccc(F)c1. The first-order valence-corrected chi connectivity index (χ1v) is 7.76. The first-order valence-electron chi connectivity index (χ1n) is 7.39. The monoisotopic (exact) mass is 349 g/mol. The van der Waals surface area contributed by atoms with Crippen molar-refractivity contribution in [3.63, 3.8) is 0 Å². The van der Waals surface area contributed by atoms with E-state index >= 15 is 0 Å². The second kappa shape index (κ2) is 7.14. The van der Waals surface area contributed by atoms with Crippen molar-refractivity contribution in [2.75, 3.05) is 10.6 Å². The van der Waals surface area contributed by atoms with Crippen LogP contribution in [0.1, 0.15) is 5.56 Å². The number of hydrogen-bond donors (Lipinski definition) is 5. The van der Waals surface area contributed by atoms with Gasteiger partial charge in [-0.3, -0.25) is 4.79 Å². The number of benzene rings is 2. The molecule has 2 aromatic rings. The van der Waals surface area contributed by atoms with Gasteiger partial charge in [0.05, 0.1) is 0 Å². The summed E-state index contributed by atoms with van der Waals surface area (Å²) in [4.78, 5) is 12.5. The summed E-state index contributed by atoms with van der Waals surface area (Å²) in [7, 11) is 0. The highest BCUT2D eigenvalue weighted by Gasteiger charge is 2.33. The highest BCUT2D eigenvalue weighted by Crippen LogP contribution is 2.23. The van der Waals surface area contributed by atoms with Gasteiger partial charge < -0.3 is 10.6 Å². The smallest absolute Gasteiger partial charge is 0.246 e. The van der Waals surface area contributed by atoms with Gasteiger partial charge >= 0.3 is 0 Å². The molecule has 1 aliphatic heterocycles. The lowest BCUT2D eigenvalue weighted by Crippen LogP contribution is -2.48. The molecule has 0 bridgehead atoms. The first kappa shape index (κ1) is 16.7. The Morgan fingerprint density at radius 1 is 1.21 bits per heavy atom. The maximum Gasteiger partial charge on any atom is 0.246 e.